The number of nitrogens with zero attached hydrogens (tertiary/aromatic N) is 2. The van der Waals surface area contributed by atoms with E-state index in [0.717, 1.165) is 28.3 Å². The van der Waals surface area contributed by atoms with E-state index in [0.29, 0.717) is 5.69 Å². The van der Waals surface area contributed by atoms with Gasteiger partial charge in [-0.3, -0.25) is 4.79 Å². The zero-order valence-corrected chi connectivity index (χ0v) is 16.1. The van der Waals surface area contributed by atoms with E-state index in [1.807, 2.05) is 79.2 Å². The summed E-state index contributed by atoms with van der Waals surface area (Å²) in [7, 11) is 1.63. The van der Waals surface area contributed by atoms with Crippen LogP contribution in [0.15, 0.2) is 66.4 Å². The number of amides is 1. The summed E-state index contributed by atoms with van der Waals surface area (Å²) in [5.74, 6) is 0.358. The van der Waals surface area contributed by atoms with Crippen LogP contribution in [0.3, 0.4) is 0 Å². The minimum Gasteiger partial charge on any atom is -0.497 e. The van der Waals surface area contributed by atoms with Crippen molar-refractivity contribution in [2.75, 3.05) is 12.4 Å². The topological polar surface area (TPSA) is 67.0 Å². The van der Waals surface area contributed by atoms with E-state index in [9.17, 15) is 10.1 Å². The van der Waals surface area contributed by atoms with Crippen molar-refractivity contribution in [2.45, 2.75) is 13.8 Å². The van der Waals surface area contributed by atoms with E-state index in [2.05, 4.69) is 5.32 Å². The molecule has 5 heteroatoms. The lowest BCUT2D eigenvalue weighted by Crippen LogP contribution is -2.13. The molecular formula is C23H21N3O2. The third kappa shape index (κ3) is 4.30. The van der Waals surface area contributed by atoms with Gasteiger partial charge >= 0.3 is 0 Å². The van der Waals surface area contributed by atoms with Gasteiger partial charge in [-0.2, -0.15) is 5.26 Å². The van der Waals surface area contributed by atoms with E-state index >= 15 is 0 Å². The fraction of sp³-hybridized carbons (Fsp3) is 0.130. The summed E-state index contributed by atoms with van der Waals surface area (Å²) in [6.07, 6.45) is 3.49. The third-order valence-corrected chi connectivity index (χ3v) is 4.34. The summed E-state index contributed by atoms with van der Waals surface area (Å²) in [6, 6.07) is 19.1. The fourth-order valence-corrected chi connectivity index (χ4v) is 2.94. The SMILES string of the molecule is COc1ccc(-n2cc(/C=C(\C#N)C(=O)Nc3cccc(C)c3)cc2C)cc1. The van der Waals surface area contributed by atoms with Crippen molar-refractivity contribution in [2.24, 2.45) is 0 Å². The smallest absolute Gasteiger partial charge is 0.266 e. The van der Waals surface area contributed by atoms with Crippen molar-refractivity contribution in [3.8, 4) is 17.5 Å². The van der Waals surface area contributed by atoms with Crippen LogP contribution in [-0.2, 0) is 4.79 Å². The Hall–Kier alpha value is -3.78. The maximum Gasteiger partial charge on any atom is 0.266 e. The highest BCUT2D eigenvalue weighted by atomic mass is 16.5. The second-order valence-corrected chi connectivity index (χ2v) is 6.48. The predicted molar refractivity (Wildman–Crippen MR) is 110 cm³/mol. The van der Waals surface area contributed by atoms with Crippen molar-refractivity contribution >= 4 is 17.7 Å². The van der Waals surface area contributed by atoms with Gasteiger partial charge < -0.3 is 14.6 Å². The number of ether oxygens (including phenoxy) is 1. The Morgan fingerprint density at radius 2 is 1.89 bits per heavy atom. The minimum absolute atomic E-state index is 0.0494. The van der Waals surface area contributed by atoms with Crippen molar-refractivity contribution in [1.82, 2.24) is 4.57 Å². The van der Waals surface area contributed by atoms with Crippen LogP contribution >= 0.6 is 0 Å². The lowest BCUT2D eigenvalue weighted by molar-refractivity contribution is -0.112. The molecule has 0 aliphatic carbocycles. The Balaban J connectivity index is 1.84. The number of hydrogen-bond donors (Lipinski definition) is 1. The molecule has 0 aliphatic rings. The molecule has 3 aromatic rings. The number of benzene rings is 2. The predicted octanol–water partition coefficient (Wildman–Crippen LogP) is 4.65. The first kappa shape index (κ1) is 19.0. The number of nitrogens with one attached hydrogen (secondary N) is 1. The Labute approximate surface area is 164 Å². The molecule has 1 amide bonds. The van der Waals surface area contributed by atoms with Crippen LogP contribution in [-0.4, -0.2) is 17.6 Å². The first-order chi connectivity index (χ1) is 13.5. The molecule has 0 spiro atoms. The van der Waals surface area contributed by atoms with Crippen molar-refractivity contribution in [3.05, 3.63) is 83.2 Å². The molecule has 2 aromatic carbocycles. The fourth-order valence-electron chi connectivity index (χ4n) is 2.94. The molecule has 1 heterocycles. The monoisotopic (exact) mass is 371 g/mol. The van der Waals surface area contributed by atoms with Crippen LogP contribution in [0.1, 0.15) is 16.8 Å². The molecule has 0 radical (unpaired) electrons. The number of aromatic nitrogens is 1. The van der Waals surface area contributed by atoms with Crippen molar-refractivity contribution in [3.63, 3.8) is 0 Å². The van der Waals surface area contributed by atoms with Gasteiger partial charge in [0.2, 0.25) is 0 Å². The van der Waals surface area contributed by atoms with Gasteiger partial charge in [-0.1, -0.05) is 12.1 Å². The van der Waals surface area contributed by atoms with E-state index < -0.39 is 5.91 Å². The van der Waals surface area contributed by atoms with Crippen molar-refractivity contribution < 1.29 is 9.53 Å². The van der Waals surface area contributed by atoms with Gasteiger partial charge in [-0.25, -0.2) is 0 Å². The van der Waals surface area contributed by atoms with Crippen LogP contribution in [0.2, 0.25) is 0 Å². The van der Waals surface area contributed by atoms with E-state index in [-0.39, 0.29) is 5.57 Å². The zero-order chi connectivity index (χ0) is 20.1. The van der Waals surface area contributed by atoms with Gasteiger partial charge in [0, 0.05) is 23.3 Å². The molecule has 0 aliphatic heterocycles. The number of anilines is 1. The van der Waals surface area contributed by atoms with Gasteiger partial charge in [0.05, 0.1) is 7.11 Å². The van der Waals surface area contributed by atoms with Gasteiger partial charge in [0.15, 0.2) is 0 Å². The normalized spacial score (nSPS) is 11.0. The molecule has 1 aromatic heterocycles. The van der Waals surface area contributed by atoms with Gasteiger partial charge in [0.1, 0.15) is 17.4 Å². The second-order valence-electron chi connectivity index (χ2n) is 6.48. The Kier molecular flexibility index (Phi) is 5.61. The molecule has 0 saturated carbocycles. The molecule has 3 rings (SSSR count). The molecular weight excluding hydrogens is 350 g/mol. The molecule has 140 valence electrons. The number of carbonyl (C=O) groups excluding carboxylic acids is 1. The van der Waals surface area contributed by atoms with Gasteiger partial charge in [0.25, 0.3) is 5.91 Å². The maximum absolute atomic E-state index is 12.5. The summed E-state index contributed by atoms with van der Waals surface area (Å²) >= 11 is 0. The summed E-state index contributed by atoms with van der Waals surface area (Å²) in [5, 5.41) is 12.2. The average Bonchev–Trinajstić information content (AvgIpc) is 3.06. The minimum atomic E-state index is -0.428. The van der Waals surface area contributed by atoms with Crippen LogP contribution < -0.4 is 10.1 Å². The summed E-state index contributed by atoms with van der Waals surface area (Å²) in [6.45, 7) is 3.92. The molecule has 5 nitrogen and oxygen atoms in total. The highest BCUT2D eigenvalue weighted by Crippen LogP contribution is 2.20. The summed E-state index contributed by atoms with van der Waals surface area (Å²) < 4.78 is 7.19. The zero-order valence-electron chi connectivity index (χ0n) is 16.1. The molecule has 0 fully saturated rings. The van der Waals surface area contributed by atoms with Crippen LogP contribution in [0.4, 0.5) is 5.69 Å². The quantitative estimate of drug-likeness (QED) is 0.524. The van der Waals surface area contributed by atoms with Crippen molar-refractivity contribution in [1.29, 1.82) is 5.26 Å². The Morgan fingerprint density at radius 3 is 2.54 bits per heavy atom. The van der Waals surface area contributed by atoms with Crippen LogP contribution in [0.25, 0.3) is 11.8 Å². The number of nitriles is 1. The number of hydrogen-bond acceptors (Lipinski definition) is 3. The van der Waals surface area contributed by atoms with Gasteiger partial charge in [-0.05, 0) is 73.5 Å². The summed E-state index contributed by atoms with van der Waals surface area (Å²) in [4.78, 5) is 12.5. The number of methoxy groups -OCH3 is 1. The highest BCUT2D eigenvalue weighted by molar-refractivity contribution is 6.09. The molecule has 0 saturated heterocycles. The van der Waals surface area contributed by atoms with E-state index in [1.54, 1.807) is 19.3 Å². The first-order valence-corrected chi connectivity index (χ1v) is 8.83. The van der Waals surface area contributed by atoms with Crippen LogP contribution in [0, 0.1) is 25.2 Å². The third-order valence-electron chi connectivity index (χ3n) is 4.34. The van der Waals surface area contributed by atoms with Gasteiger partial charge in [-0.15, -0.1) is 0 Å². The maximum atomic E-state index is 12.5. The number of aryl methyl sites for hydroxylation is 2. The highest BCUT2D eigenvalue weighted by Gasteiger charge is 2.11. The lowest BCUT2D eigenvalue weighted by Gasteiger charge is -2.07. The second kappa shape index (κ2) is 8.28. The van der Waals surface area contributed by atoms with E-state index in [1.165, 1.54) is 0 Å². The first-order valence-electron chi connectivity index (χ1n) is 8.83. The molecule has 0 atom stereocenters. The standard InChI is InChI=1S/C23H21N3O2/c1-16-5-4-6-20(11-16)25-23(27)19(14-24)13-18-12-17(2)26(15-18)21-7-9-22(28-3)10-8-21/h4-13,15H,1-3H3,(H,25,27)/b19-13+. The molecule has 1 N–H and O–H groups in total. The molecule has 0 unspecified atom stereocenters. The lowest BCUT2D eigenvalue weighted by atomic mass is 10.1. The van der Waals surface area contributed by atoms with Crippen LogP contribution in [0.5, 0.6) is 5.75 Å². The summed E-state index contributed by atoms with van der Waals surface area (Å²) in [5.41, 5.74) is 4.50. The Bertz CT molecular complexity index is 1070. The van der Waals surface area contributed by atoms with E-state index in [4.69, 9.17) is 4.74 Å². The largest absolute Gasteiger partial charge is 0.497 e. The Morgan fingerprint density at radius 1 is 1.14 bits per heavy atom. The average molecular weight is 371 g/mol. The molecule has 28 heavy (non-hydrogen) atoms. The number of rotatable bonds is 5. The molecule has 0 bridgehead atoms. The number of carbonyl (C=O) groups is 1.